The van der Waals surface area contributed by atoms with Gasteiger partial charge < -0.3 is 10.6 Å². The van der Waals surface area contributed by atoms with E-state index in [9.17, 15) is 9.18 Å². The number of halogens is 1. The highest BCUT2D eigenvalue weighted by Gasteiger charge is 2.39. The van der Waals surface area contributed by atoms with Gasteiger partial charge in [0.1, 0.15) is 5.82 Å². The van der Waals surface area contributed by atoms with Crippen LogP contribution in [0.4, 0.5) is 4.39 Å². The minimum Gasteiger partial charge on any atom is -0.348 e. The normalized spacial score (nSPS) is 24.2. The molecule has 104 valence electrons. The standard InChI is InChI=1S/C15H21FN2O/c1-3-15(9-6-10-17-15)14(19)18-11(2)12-7-4-5-8-13(12)16/h4-5,7-8,11,17H,3,6,9-10H2,1-2H3,(H,18,19). The van der Waals surface area contributed by atoms with E-state index in [1.54, 1.807) is 18.2 Å². The fraction of sp³-hybridized carbons (Fsp3) is 0.533. The first-order chi connectivity index (χ1) is 9.09. The molecule has 2 unspecified atom stereocenters. The minimum atomic E-state index is -0.473. The summed E-state index contributed by atoms with van der Waals surface area (Å²) in [6.07, 6.45) is 2.61. The predicted molar refractivity (Wildman–Crippen MR) is 73.2 cm³/mol. The SMILES string of the molecule is CCC1(C(=O)NC(C)c2ccccc2F)CCCN1. The second-order valence-electron chi connectivity index (χ2n) is 5.18. The molecule has 0 saturated carbocycles. The fourth-order valence-corrected chi connectivity index (χ4v) is 2.70. The average molecular weight is 264 g/mol. The average Bonchev–Trinajstić information content (AvgIpc) is 2.89. The van der Waals surface area contributed by atoms with E-state index in [0.717, 1.165) is 25.8 Å². The topological polar surface area (TPSA) is 41.1 Å². The van der Waals surface area contributed by atoms with Crippen molar-refractivity contribution in [3.05, 3.63) is 35.6 Å². The van der Waals surface area contributed by atoms with Crippen LogP contribution in [0.1, 0.15) is 44.7 Å². The molecule has 2 rings (SSSR count). The minimum absolute atomic E-state index is 0.0248. The van der Waals surface area contributed by atoms with Gasteiger partial charge in [-0.15, -0.1) is 0 Å². The number of benzene rings is 1. The smallest absolute Gasteiger partial charge is 0.240 e. The van der Waals surface area contributed by atoms with Crippen molar-refractivity contribution < 1.29 is 9.18 Å². The molecule has 2 atom stereocenters. The van der Waals surface area contributed by atoms with Gasteiger partial charge in [-0.2, -0.15) is 0 Å². The maximum Gasteiger partial charge on any atom is 0.240 e. The first-order valence-electron chi connectivity index (χ1n) is 6.89. The number of rotatable bonds is 4. The molecule has 1 aromatic rings. The van der Waals surface area contributed by atoms with Crippen LogP contribution in [-0.2, 0) is 4.79 Å². The van der Waals surface area contributed by atoms with Crippen molar-refractivity contribution in [1.29, 1.82) is 0 Å². The van der Waals surface area contributed by atoms with Crippen LogP contribution < -0.4 is 10.6 Å². The molecule has 1 aliphatic rings. The number of carbonyl (C=O) groups is 1. The van der Waals surface area contributed by atoms with Gasteiger partial charge in [-0.25, -0.2) is 4.39 Å². The zero-order chi connectivity index (χ0) is 13.9. The Balaban J connectivity index is 2.08. The van der Waals surface area contributed by atoms with E-state index >= 15 is 0 Å². The van der Waals surface area contributed by atoms with Crippen LogP contribution in [0.2, 0.25) is 0 Å². The summed E-state index contributed by atoms with van der Waals surface area (Å²) in [6.45, 7) is 4.69. The molecule has 1 aliphatic heterocycles. The summed E-state index contributed by atoms with van der Waals surface area (Å²) >= 11 is 0. The molecular formula is C15H21FN2O. The van der Waals surface area contributed by atoms with Gasteiger partial charge in [0.25, 0.3) is 0 Å². The van der Waals surface area contributed by atoms with Gasteiger partial charge in [0.2, 0.25) is 5.91 Å². The van der Waals surface area contributed by atoms with Crippen LogP contribution >= 0.6 is 0 Å². The third-order valence-electron chi connectivity index (χ3n) is 4.00. The van der Waals surface area contributed by atoms with Crippen LogP contribution in [0.15, 0.2) is 24.3 Å². The monoisotopic (exact) mass is 264 g/mol. The Labute approximate surface area is 113 Å². The van der Waals surface area contributed by atoms with E-state index in [-0.39, 0.29) is 17.8 Å². The Kier molecular flexibility index (Phi) is 4.20. The third kappa shape index (κ3) is 2.78. The Morgan fingerprint density at radius 1 is 1.53 bits per heavy atom. The number of amides is 1. The molecular weight excluding hydrogens is 243 g/mol. The second-order valence-corrected chi connectivity index (χ2v) is 5.18. The molecule has 0 aliphatic carbocycles. The molecule has 1 saturated heterocycles. The summed E-state index contributed by atoms with van der Waals surface area (Å²) in [5.74, 6) is -0.302. The fourth-order valence-electron chi connectivity index (χ4n) is 2.70. The van der Waals surface area contributed by atoms with Gasteiger partial charge in [-0.1, -0.05) is 25.1 Å². The Hall–Kier alpha value is -1.42. The van der Waals surface area contributed by atoms with Crippen LogP contribution in [0.25, 0.3) is 0 Å². The lowest BCUT2D eigenvalue weighted by Crippen LogP contribution is -2.53. The van der Waals surface area contributed by atoms with E-state index < -0.39 is 5.54 Å². The van der Waals surface area contributed by atoms with Crippen LogP contribution in [0.5, 0.6) is 0 Å². The van der Waals surface area contributed by atoms with Crippen molar-refractivity contribution in [2.75, 3.05) is 6.54 Å². The van der Waals surface area contributed by atoms with E-state index in [4.69, 9.17) is 0 Å². The number of nitrogens with one attached hydrogen (secondary N) is 2. The van der Waals surface area contributed by atoms with Gasteiger partial charge in [0, 0.05) is 5.56 Å². The summed E-state index contributed by atoms with van der Waals surface area (Å²) in [4.78, 5) is 12.4. The molecule has 0 aromatic heterocycles. The third-order valence-corrected chi connectivity index (χ3v) is 4.00. The predicted octanol–water partition coefficient (Wildman–Crippen LogP) is 2.54. The first-order valence-corrected chi connectivity index (χ1v) is 6.89. The molecule has 0 spiro atoms. The van der Waals surface area contributed by atoms with E-state index in [1.165, 1.54) is 6.07 Å². The van der Waals surface area contributed by atoms with E-state index in [1.807, 2.05) is 13.8 Å². The summed E-state index contributed by atoms with van der Waals surface area (Å²) in [7, 11) is 0. The Morgan fingerprint density at radius 3 is 2.84 bits per heavy atom. The van der Waals surface area contributed by atoms with E-state index in [2.05, 4.69) is 10.6 Å². The van der Waals surface area contributed by atoms with Crippen molar-refractivity contribution in [2.24, 2.45) is 0 Å². The van der Waals surface area contributed by atoms with Gasteiger partial charge in [0.15, 0.2) is 0 Å². The number of carbonyl (C=O) groups excluding carboxylic acids is 1. The van der Waals surface area contributed by atoms with Crippen LogP contribution in [0, 0.1) is 5.82 Å². The van der Waals surface area contributed by atoms with E-state index in [0.29, 0.717) is 5.56 Å². The maximum atomic E-state index is 13.7. The molecule has 4 heteroatoms. The van der Waals surface area contributed by atoms with Gasteiger partial charge in [-0.3, -0.25) is 4.79 Å². The first kappa shape index (κ1) is 14.0. The van der Waals surface area contributed by atoms with Crippen molar-refractivity contribution >= 4 is 5.91 Å². The summed E-state index contributed by atoms with van der Waals surface area (Å²) in [5.41, 5.74) is 0.0552. The molecule has 19 heavy (non-hydrogen) atoms. The lowest BCUT2D eigenvalue weighted by atomic mass is 9.92. The van der Waals surface area contributed by atoms with Crippen LogP contribution in [-0.4, -0.2) is 18.0 Å². The highest BCUT2D eigenvalue weighted by atomic mass is 19.1. The molecule has 2 N–H and O–H groups in total. The zero-order valence-corrected chi connectivity index (χ0v) is 11.5. The van der Waals surface area contributed by atoms with Crippen molar-refractivity contribution in [3.63, 3.8) is 0 Å². The quantitative estimate of drug-likeness (QED) is 0.877. The zero-order valence-electron chi connectivity index (χ0n) is 11.5. The summed E-state index contributed by atoms with van der Waals surface area (Å²) in [6, 6.07) is 6.24. The largest absolute Gasteiger partial charge is 0.348 e. The number of hydrogen-bond acceptors (Lipinski definition) is 2. The van der Waals surface area contributed by atoms with Gasteiger partial charge in [0.05, 0.1) is 11.6 Å². The molecule has 3 nitrogen and oxygen atoms in total. The summed E-state index contributed by atoms with van der Waals surface area (Å²) in [5, 5.41) is 6.21. The van der Waals surface area contributed by atoms with Crippen molar-refractivity contribution in [1.82, 2.24) is 10.6 Å². The molecule has 1 amide bonds. The van der Waals surface area contributed by atoms with Gasteiger partial charge in [-0.05, 0) is 38.8 Å². The lowest BCUT2D eigenvalue weighted by Gasteiger charge is -2.28. The molecule has 0 bridgehead atoms. The number of hydrogen-bond donors (Lipinski definition) is 2. The summed E-state index contributed by atoms with van der Waals surface area (Å²) < 4.78 is 13.7. The highest BCUT2D eigenvalue weighted by Crippen LogP contribution is 2.25. The maximum absolute atomic E-state index is 13.7. The highest BCUT2D eigenvalue weighted by molar-refractivity contribution is 5.87. The molecule has 1 fully saturated rings. The van der Waals surface area contributed by atoms with Crippen molar-refractivity contribution in [2.45, 2.75) is 44.7 Å². The molecule has 1 aromatic carbocycles. The lowest BCUT2D eigenvalue weighted by molar-refractivity contribution is -0.128. The molecule has 1 heterocycles. The van der Waals surface area contributed by atoms with Crippen LogP contribution in [0.3, 0.4) is 0 Å². The Bertz CT molecular complexity index is 455. The van der Waals surface area contributed by atoms with Crippen molar-refractivity contribution in [3.8, 4) is 0 Å². The van der Waals surface area contributed by atoms with Gasteiger partial charge >= 0.3 is 0 Å². The molecule has 0 radical (unpaired) electrons. The second kappa shape index (κ2) is 5.70. The Morgan fingerprint density at radius 2 is 2.26 bits per heavy atom.